The molecule has 0 radical (unpaired) electrons. The normalized spacial score (nSPS) is 26.6. The number of methoxy groups -OCH3 is 3. The van der Waals surface area contributed by atoms with Crippen LogP contribution in [-0.4, -0.2) is 39.6 Å². The molecule has 2 aliphatic heterocycles. The van der Waals surface area contributed by atoms with Crippen LogP contribution in [0.15, 0.2) is 36.4 Å². The van der Waals surface area contributed by atoms with Gasteiger partial charge in [-0.2, -0.15) is 0 Å². The fraction of sp³-hybridized carbons (Fsp3) is 0.429. The number of hydrogen-bond donors (Lipinski definition) is 1. The molecule has 1 N–H and O–H groups in total. The van der Waals surface area contributed by atoms with E-state index in [1.165, 1.54) is 0 Å². The molecule has 0 saturated carbocycles. The summed E-state index contributed by atoms with van der Waals surface area (Å²) in [4.78, 5) is 0. The van der Waals surface area contributed by atoms with Gasteiger partial charge in [0.1, 0.15) is 0 Å². The minimum Gasteiger partial charge on any atom is -0.504 e. The molecule has 27 heavy (non-hydrogen) atoms. The maximum Gasteiger partial charge on any atom is 0.161 e. The van der Waals surface area contributed by atoms with Crippen molar-refractivity contribution in [2.24, 2.45) is 11.8 Å². The van der Waals surface area contributed by atoms with E-state index >= 15 is 0 Å². The lowest BCUT2D eigenvalue weighted by molar-refractivity contribution is 0.0191. The maximum absolute atomic E-state index is 9.84. The summed E-state index contributed by atoms with van der Waals surface area (Å²) in [7, 11) is 4.80. The lowest BCUT2D eigenvalue weighted by atomic mass is 9.85. The Labute approximate surface area is 158 Å². The lowest BCUT2D eigenvalue weighted by Crippen LogP contribution is -2.14. The Balaban J connectivity index is 1.57. The van der Waals surface area contributed by atoms with E-state index in [-0.39, 0.29) is 29.8 Å². The lowest BCUT2D eigenvalue weighted by Gasteiger charge is -2.18. The van der Waals surface area contributed by atoms with E-state index in [9.17, 15) is 5.11 Å². The van der Waals surface area contributed by atoms with Gasteiger partial charge in [-0.1, -0.05) is 12.1 Å². The van der Waals surface area contributed by atoms with E-state index in [0.29, 0.717) is 30.5 Å². The monoisotopic (exact) mass is 372 g/mol. The van der Waals surface area contributed by atoms with Crippen LogP contribution in [0.25, 0.3) is 0 Å². The first-order valence-electron chi connectivity index (χ1n) is 8.98. The van der Waals surface area contributed by atoms with E-state index in [1.807, 2.05) is 30.3 Å². The number of fused-ring (bicyclic) bond motifs is 1. The Hall–Kier alpha value is -2.44. The summed E-state index contributed by atoms with van der Waals surface area (Å²) in [6.45, 7) is 1.25. The third kappa shape index (κ3) is 3.09. The molecule has 0 aromatic heterocycles. The molecular weight excluding hydrogens is 348 g/mol. The molecule has 0 spiro atoms. The van der Waals surface area contributed by atoms with Crippen LogP contribution in [0.5, 0.6) is 23.0 Å². The van der Waals surface area contributed by atoms with Crippen molar-refractivity contribution < 1.29 is 28.8 Å². The number of phenols is 1. The van der Waals surface area contributed by atoms with E-state index < -0.39 is 0 Å². The van der Waals surface area contributed by atoms with Crippen molar-refractivity contribution >= 4 is 0 Å². The second-order valence-electron chi connectivity index (χ2n) is 6.88. The molecule has 0 bridgehead atoms. The van der Waals surface area contributed by atoms with Crippen LogP contribution in [0.4, 0.5) is 0 Å². The Bertz CT molecular complexity index is 820. The summed E-state index contributed by atoms with van der Waals surface area (Å²) in [5.74, 6) is 2.48. The first kappa shape index (κ1) is 17.9. The molecular formula is C21H24O6. The van der Waals surface area contributed by atoms with Crippen molar-refractivity contribution in [3.05, 3.63) is 47.5 Å². The van der Waals surface area contributed by atoms with Gasteiger partial charge >= 0.3 is 0 Å². The molecule has 0 aliphatic carbocycles. The predicted octanol–water partition coefficient (Wildman–Crippen LogP) is 3.49. The Morgan fingerprint density at radius 2 is 1.26 bits per heavy atom. The van der Waals surface area contributed by atoms with Crippen molar-refractivity contribution in [1.82, 2.24) is 0 Å². The summed E-state index contributed by atoms with van der Waals surface area (Å²) >= 11 is 0. The SMILES string of the molecule is COc1cc([C@H]2OC[C@H]3[C@@H]2CO[C@H]3c2ccc(OC)c(OC)c2)ccc1O. The highest BCUT2D eigenvalue weighted by Gasteiger charge is 2.48. The largest absolute Gasteiger partial charge is 0.504 e. The molecule has 6 heteroatoms. The summed E-state index contributed by atoms with van der Waals surface area (Å²) in [5, 5.41) is 9.84. The Morgan fingerprint density at radius 1 is 0.741 bits per heavy atom. The van der Waals surface area contributed by atoms with Crippen LogP contribution < -0.4 is 14.2 Å². The van der Waals surface area contributed by atoms with E-state index in [4.69, 9.17) is 23.7 Å². The van der Waals surface area contributed by atoms with Crippen molar-refractivity contribution in [2.75, 3.05) is 34.5 Å². The average Bonchev–Trinajstić information content (AvgIpc) is 3.30. The average molecular weight is 372 g/mol. The van der Waals surface area contributed by atoms with Gasteiger partial charge in [0, 0.05) is 11.8 Å². The van der Waals surface area contributed by atoms with Gasteiger partial charge in [-0.25, -0.2) is 0 Å². The summed E-state index contributed by atoms with van der Waals surface area (Å²) < 4.78 is 28.3. The quantitative estimate of drug-likeness (QED) is 0.867. The van der Waals surface area contributed by atoms with Gasteiger partial charge in [0.2, 0.25) is 0 Å². The summed E-state index contributed by atoms with van der Waals surface area (Å²) in [5.41, 5.74) is 2.06. The highest BCUT2D eigenvalue weighted by Crippen LogP contribution is 2.51. The van der Waals surface area contributed by atoms with Gasteiger partial charge in [-0.15, -0.1) is 0 Å². The predicted molar refractivity (Wildman–Crippen MR) is 98.6 cm³/mol. The second kappa shape index (κ2) is 7.29. The zero-order chi connectivity index (χ0) is 19.0. The summed E-state index contributed by atoms with van der Waals surface area (Å²) in [6, 6.07) is 11.3. The molecule has 0 amide bonds. The standard InChI is InChI=1S/C21H24O6/c1-23-17-7-5-13(9-19(17)25-3)21-15-11-26-20(14(15)10-27-21)12-4-6-16(22)18(8-12)24-2/h4-9,14-15,20-22H,10-11H2,1-3H3/t14-,15-,20+,21-/m0/s1. The summed E-state index contributed by atoms with van der Waals surface area (Å²) in [6.07, 6.45) is -0.117. The molecule has 2 aromatic rings. The molecule has 2 aromatic carbocycles. The number of hydrogen-bond acceptors (Lipinski definition) is 6. The van der Waals surface area contributed by atoms with Gasteiger partial charge < -0.3 is 28.8 Å². The number of ether oxygens (including phenoxy) is 5. The molecule has 2 aliphatic rings. The fourth-order valence-electron chi connectivity index (χ4n) is 4.14. The van der Waals surface area contributed by atoms with E-state index in [2.05, 4.69) is 0 Å². The number of rotatable bonds is 5. The van der Waals surface area contributed by atoms with Crippen LogP contribution in [0.3, 0.4) is 0 Å². The van der Waals surface area contributed by atoms with Crippen molar-refractivity contribution in [1.29, 1.82) is 0 Å². The van der Waals surface area contributed by atoms with Crippen LogP contribution in [0.1, 0.15) is 23.3 Å². The highest BCUT2D eigenvalue weighted by atomic mass is 16.5. The minimum atomic E-state index is -0.0744. The first-order valence-corrected chi connectivity index (χ1v) is 8.98. The highest BCUT2D eigenvalue weighted by molar-refractivity contribution is 5.45. The van der Waals surface area contributed by atoms with E-state index in [0.717, 1.165) is 11.1 Å². The van der Waals surface area contributed by atoms with Crippen molar-refractivity contribution in [3.63, 3.8) is 0 Å². The maximum atomic E-state index is 9.84. The zero-order valence-corrected chi connectivity index (χ0v) is 15.7. The van der Waals surface area contributed by atoms with Crippen LogP contribution in [0.2, 0.25) is 0 Å². The molecule has 2 heterocycles. The molecule has 2 saturated heterocycles. The second-order valence-corrected chi connectivity index (χ2v) is 6.88. The van der Waals surface area contributed by atoms with E-state index in [1.54, 1.807) is 27.4 Å². The molecule has 6 nitrogen and oxygen atoms in total. The number of benzene rings is 2. The molecule has 144 valence electrons. The topological polar surface area (TPSA) is 66.4 Å². The number of phenolic OH excluding ortho intramolecular Hbond substituents is 1. The van der Waals surface area contributed by atoms with Gasteiger partial charge in [0.15, 0.2) is 23.0 Å². The molecule has 4 rings (SSSR count). The third-order valence-corrected chi connectivity index (χ3v) is 5.53. The molecule has 2 fully saturated rings. The van der Waals surface area contributed by atoms with Gasteiger partial charge in [-0.3, -0.25) is 0 Å². The molecule has 4 atom stereocenters. The molecule has 0 unspecified atom stereocenters. The minimum absolute atomic E-state index is 0.0428. The van der Waals surface area contributed by atoms with Gasteiger partial charge in [-0.05, 0) is 35.4 Å². The van der Waals surface area contributed by atoms with Crippen LogP contribution in [0, 0.1) is 11.8 Å². The van der Waals surface area contributed by atoms with Crippen LogP contribution in [-0.2, 0) is 9.47 Å². The smallest absolute Gasteiger partial charge is 0.161 e. The fourth-order valence-corrected chi connectivity index (χ4v) is 4.14. The Kier molecular flexibility index (Phi) is 4.85. The number of aromatic hydroxyl groups is 1. The van der Waals surface area contributed by atoms with Crippen molar-refractivity contribution in [3.8, 4) is 23.0 Å². The van der Waals surface area contributed by atoms with Gasteiger partial charge in [0.25, 0.3) is 0 Å². The zero-order valence-electron chi connectivity index (χ0n) is 15.7. The third-order valence-electron chi connectivity index (χ3n) is 5.53. The van der Waals surface area contributed by atoms with Gasteiger partial charge in [0.05, 0.1) is 46.8 Å². The Morgan fingerprint density at radius 3 is 1.81 bits per heavy atom. The van der Waals surface area contributed by atoms with Crippen molar-refractivity contribution in [2.45, 2.75) is 12.2 Å². The first-order chi connectivity index (χ1) is 13.2. The van der Waals surface area contributed by atoms with Crippen LogP contribution >= 0.6 is 0 Å².